The molecule has 1 aromatic heterocycles. The molecule has 0 bridgehead atoms. The van der Waals surface area contributed by atoms with Gasteiger partial charge in [0.15, 0.2) is 0 Å². The van der Waals surface area contributed by atoms with Crippen LogP contribution in [0.4, 0.5) is 4.79 Å². The van der Waals surface area contributed by atoms with Gasteiger partial charge in [0.25, 0.3) is 0 Å². The fourth-order valence-electron chi connectivity index (χ4n) is 5.00. The third-order valence-electron chi connectivity index (χ3n) is 7.05. The predicted octanol–water partition coefficient (Wildman–Crippen LogP) is 6.23. The van der Waals surface area contributed by atoms with Crippen LogP contribution in [0, 0.1) is 13.8 Å². The summed E-state index contributed by atoms with van der Waals surface area (Å²) in [7, 11) is 0. The van der Waals surface area contributed by atoms with Crippen LogP contribution in [0.5, 0.6) is 0 Å². The average molecular weight is 590 g/mol. The molecular formula is C33H41N4O4S-. The highest BCUT2D eigenvalue weighted by atomic mass is 32.2. The van der Waals surface area contributed by atoms with Crippen LogP contribution in [0.1, 0.15) is 62.9 Å². The Labute approximate surface area is 251 Å². The molecule has 0 saturated heterocycles. The van der Waals surface area contributed by atoms with E-state index in [1.54, 1.807) is 20.8 Å². The topological polar surface area (TPSA) is 91.9 Å². The highest BCUT2D eigenvalue weighted by Crippen LogP contribution is 2.24. The summed E-state index contributed by atoms with van der Waals surface area (Å²) in [6, 6.07) is 23.7. The zero-order chi connectivity index (χ0) is 30.6. The van der Waals surface area contributed by atoms with Gasteiger partial charge in [-0.05, 0) is 78.1 Å². The maximum Gasteiger partial charge on any atom is 0.437 e. The molecule has 0 aliphatic heterocycles. The van der Waals surface area contributed by atoms with Gasteiger partial charge in [0.05, 0.1) is 23.6 Å². The first-order valence-electron chi connectivity index (χ1n) is 14.3. The van der Waals surface area contributed by atoms with E-state index in [9.17, 15) is 13.6 Å². The Balaban J connectivity index is 2.00. The second-order valence-corrected chi connectivity index (χ2v) is 13.0. The minimum Gasteiger partial charge on any atom is -0.760 e. The zero-order valence-electron chi connectivity index (χ0n) is 25.5. The molecule has 1 amide bonds. The van der Waals surface area contributed by atoms with Crippen molar-refractivity contribution in [1.82, 2.24) is 13.4 Å². The molecule has 0 spiro atoms. The molecule has 4 aromatic rings. The molecule has 3 aromatic carbocycles. The Morgan fingerprint density at radius 2 is 1.48 bits per heavy atom. The molecule has 0 fully saturated rings. The number of aromatic nitrogens is 2. The molecule has 9 heteroatoms. The van der Waals surface area contributed by atoms with Crippen LogP contribution < -0.4 is 5.62 Å². The molecule has 2 unspecified atom stereocenters. The predicted molar refractivity (Wildman–Crippen MR) is 167 cm³/mol. The molecule has 0 N–H and O–H groups in total. The summed E-state index contributed by atoms with van der Waals surface area (Å²) in [6.45, 7) is 13.9. The third-order valence-corrected chi connectivity index (χ3v) is 8.00. The van der Waals surface area contributed by atoms with Crippen molar-refractivity contribution in [3.63, 3.8) is 0 Å². The number of fused-ring (bicyclic) bond motifs is 1. The Morgan fingerprint density at radius 1 is 0.929 bits per heavy atom. The van der Waals surface area contributed by atoms with Crippen LogP contribution in [0.2, 0.25) is 0 Å². The highest BCUT2D eigenvalue weighted by molar-refractivity contribution is 7.76. The molecule has 224 valence electrons. The van der Waals surface area contributed by atoms with Crippen LogP contribution in [-0.2, 0) is 29.0 Å². The smallest absolute Gasteiger partial charge is 0.437 e. The van der Waals surface area contributed by atoms with Crippen molar-refractivity contribution in [2.24, 2.45) is 4.99 Å². The van der Waals surface area contributed by atoms with E-state index in [0.29, 0.717) is 18.6 Å². The van der Waals surface area contributed by atoms with Crippen molar-refractivity contribution in [1.29, 1.82) is 0 Å². The van der Waals surface area contributed by atoms with Gasteiger partial charge in [0, 0.05) is 23.9 Å². The number of ether oxygens (including phenoxy) is 1. The van der Waals surface area contributed by atoms with E-state index in [1.165, 1.54) is 4.31 Å². The Hall–Kier alpha value is -3.53. The van der Waals surface area contributed by atoms with Gasteiger partial charge >= 0.3 is 6.09 Å². The minimum absolute atomic E-state index is 0.196. The lowest BCUT2D eigenvalue weighted by atomic mass is 10.0. The van der Waals surface area contributed by atoms with Gasteiger partial charge in [0.1, 0.15) is 5.60 Å². The van der Waals surface area contributed by atoms with E-state index in [1.807, 2.05) is 61.1 Å². The van der Waals surface area contributed by atoms with Gasteiger partial charge < -0.3 is 18.4 Å². The summed E-state index contributed by atoms with van der Waals surface area (Å²) in [4.78, 5) is 17.8. The number of hydrogen-bond acceptors (Lipinski definition) is 4. The molecule has 0 radical (unpaired) electrons. The van der Waals surface area contributed by atoms with Crippen LogP contribution in [0.15, 0.2) is 77.8 Å². The lowest BCUT2D eigenvalue weighted by Gasteiger charge is -2.32. The van der Waals surface area contributed by atoms with Crippen LogP contribution in [-0.4, -0.2) is 46.5 Å². The van der Waals surface area contributed by atoms with E-state index in [4.69, 9.17) is 4.74 Å². The number of rotatable bonds is 9. The van der Waals surface area contributed by atoms with Crippen molar-refractivity contribution in [2.75, 3.05) is 6.54 Å². The molecule has 0 aliphatic rings. The van der Waals surface area contributed by atoms with Crippen molar-refractivity contribution in [2.45, 2.75) is 79.1 Å². The number of imidazole rings is 1. The first-order chi connectivity index (χ1) is 19.8. The van der Waals surface area contributed by atoms with Crippen LogP contribution in [0.25, 0.3) is 11.0 Å². The molecule has 4 rings (SSSR count). The Morgan fingerprint density at radius 3 is 2.00 bits per heavy atom. The number of benzene rings is 3. The van der Waals surface area contributed by atoms with Crippen molar-refractivity contribution in [3.8, 4) is 0 Å². The number of amides is 1. The van der Waals surface area contributed by atoms with Gasteiger partial charge in [-0.1, -0.05) is 71.8 Å². The van der Waals surface area contributed by atoms with Gasteiger partial charge in [-0.2, -0.15) is 0 Å². The van der Waals surface area contributed by atoms with Crippen molar-refractivity contribution < 1.29 is 18.3 Å². The highest BCUT2D eigenvalue weighted by Gasteiger charge is 2.26. The van der Waals surface area contributed by atoms with E-state index >= 15 is 0 Å². The van der Waals surface area contributed by atoms with E-state index < -0.39 is 23.0 Å². The minimum atomic E-state index is -2.44. The fourth-order valence-corrected chi connectivity index (χ4v) is 5.64. The Kier molecular flexibility index (Phi) is 9.86. The summed E-state index contributed by atoms with van der Waals surface area (Å²) >= 11 is -2.44. The van der Waals surface area contributed by atoms with Crippen LogP contribution >= 0.6 is 0 Å². The number of carbonyl (C=O) groups excluding carboxylic acids is 1. The van der Waals surface area contributed by atoms with E-state index in [-0.39, 0.29) is 18.6 Å². The fraction of sp³-hybridized carbons (Fsp3) is 0.394. The monoisotopic (exact) mass is 589 g/mol. The summed E-state index contributed by atoms with van der Waals surface area (Å²) in [6.07, 6.45) is -0.174. The number of hydrogen-bond donors (Lipinski definition) is 0. The molecule has 0 saturated carbocycles. The van der Waals surface area contributed by atoms with Gasteiger partial charge in [-0.3, -0.25) is 4.21 Å². The van der Waals surface area contributed by atoms with E-state index in [2.05, 4.69) is 53.5 Å². The lowest BCUT2D eigenvalue weighted by molar-refractivity contribution is 0.0593. The van der Waals surface area contributed by atoms with E-state index in [0.717, 1.165) is 33.3 Å². The second-order valence-electron chi connectivity index (χ2n) is 12.1. The second kappa shape index (κ2) is 13.2. The molecule has 2 atom stereocenters. The normalized spacial score (nSPS) is 14.1. The third kappa shape index (κ3) is 7.85. The van der Waals surface area contributed by atoms with Gasteiger partial charge in [-0.15, -0.1) is 4.99 Å². The quantitative estimate of drug-likeness (QED) is 0.216. The molecular weight excluding hydrogens is 548 g/mol. The number of carbonyl (C=O) groups is 1. The van der Waals surface area contributed by atoms with Crippen molar-refractivity contribution in [3.05, 3.63) is 101 Å². The zero-order valence-corrected chi connectivity index (χ0v) is 26.4. The lowest BCUT2D eigenvalue weighted by Crippen LogP contribution is -2.41. The standard InChI is InChI=1S/C33H42N4O4S/c1-23(2)36(42(39)40)22-28(20-26-16-12-24(3)13-17-26)37-30-11-9-8-10-29(30)35(21-27-18-14-25(4)15-19-27)31(37)34-32(38)41-33(5,6)7/h8-19,23,28H,20-22H2,1-7H3,(H,39,40)/p-1. The summed E-state index contributed by atoms with van der Waals surface area (Å²) < 4.78 is 35.9. The summed E-state index contributed by atoms with van der Waals surface area (Å²) in [5.74, 6) is 0. The maximum absolute atomic E-state index is 13.2. The van der Waals surface area contributed by atoms with Gasteiger partial charge in [0.2, 0.25) is 5.62 Å². The number of para-hydroxylation sites is 2. The average Bonchev–Trinajstić information content (AvgIpc) is 3.20. The first-order valence-corrected chi connectivity index (χ1v) is 15.3. The largest absolute Gasteiger partial charge is 0.760 e. The molecule has 8 nitrogen and oxygen atoms in total. The maximum atomic E-state index is 13.2. The first kappa shape index (κ1) is 31.4. The summed E-state index contributed by atoms with van der Waals surface area (Å²) in [5.41, 5.74) is 5.81. The molecule has 1 heterocycles. The molecule has 0 aliphatic carbocycles. The summed E-state index contributed by atoms with van der Waals surface area (Å²) in [5, 5.41) is 0. The Bertz CT molecular complexity index is 1610. The van der Waals surface area contributed by atoms with Gasteiger partial charge in [-0.25, -0.2) is 9.10 Å². The number of nitrogens with zero attached hydrogens (tertiary/aromatic N) is 4. The number of aryl methyl sites for hydroxylation is 2. The molecule has 42 heavy (non-hydrogen) atoms. The van der Waals surface area contributed by atoms with Crippen molar-refractivity contribution >= 4 is 28.4 Å². The SMILES string of the molecule is Cc1ccc(CC(CN(C(C)C)S(=O)[O-])n2c(=NC(=O)OC(C)(C)C)n(Cc3ccc(C)cc3)c3ccccc32)cc1. The van der Waals surface area contributed by atoms with Crippen LogP contribution in [0.3, 0.4) is 0 Å².